The zero-order valence-electron chi connectivity index (χ0n) is 12.0. The number of H-pyrrole nitrogens is 1. The molecule has 0 aliphatic rings. The highest BCUT2D eigenvalue weighted by molar-refractivity contribution is 5.81. The Balaban J connectivity index is 1.83. The summed E-state index contributed by atoms with van der Waals surface area (Å²) in [6.07, 6.45) is 4.68. The second kappa shape index (κ2) is 5.96. The van der Waals surface area contributed by atoms with Crippen molar-refractivity contribution in [1.29, 1.82) is 0 Å². The molecule has 0 amide bonds. The third-order valence-corrected chi connectivity index (χ3v) is 3.80. The Morgan fingerprint density at radius 3 is 2.55 bits per heavy atom. The number of rotatable bonds is 5. The second-order valence-electron chi connectivity index (χ2n) is 5.48. The number of fused-ring (bicyclic) bond motifs is 1. The van der Waals surface area contributed by atoms with Gasteiger partial charge in [0.1, 0.15) is 0 Å². The zero-order valence-corrected chi connectivity index (χ0v) is 12.0. The Bertz CT molecular complexity index is 679. The number of aromatic nitrogens is 1. The number of aryl methyl sites for hydroxylation is 1. The fourth-order valence-electron chi connectivity index (χ4n) is 2.69. The molecule has 0 atom stereocenters. The van der Waals surface area contributed by atoms with E-state index in [2.05, 4.69) is 66.5 Å². The first-order chi connectivity index (χ1) is 9.85. The van der Waals surface area contributed by atoms with E-state index in [4.69, 9.17) is 0 Å². The SMILES string of the molecule is CCCCc1ccc2[nH]c(Cc3ccccc3)cc2c1. The van der Waals surface area contributed by atoms with E-state index in [-0.39, 0.29) is 0 Å². The van der Waals surface area contributed by atoms with Gasteiger partial charge < -0.3 is 4.98 Å². The Morgan fingerprint density at radius 1 is 0.900 bits per heavy atom. The monoisotopic (exact) mass is 263 g/mol. The van der Waals surface area contributed by atoms with Crippen molar-refractivity contribution in [3.63, 3.8) is 0 Å². The van der Waals surface area contributed by atoms with Crippen LogP contribution in [0.3, 0.4) is 0 Å². The average molecular weight is 263 g/mol. The minimum absolute atomic E-state index is 0.972. The minimum atomic E-state index is 0.972. The summed E-state index contributed by atoms with van der Waals surface area (Å²) in [5.74, 6) is 0. The maximum atomic E-state index is 3.53. The van der Waals surface area contributed by atoms with E-state index in [1.807, 2.05) is 0 Å². The second-order valence-corrected chi connectivity index (χ2v) is 5.48. The van der Waals surface area contributed by atoms with E-state index in [0.717, 1.165) is 6.42 Å². The van der Waals surface area contributed by atoms with Gasteiger partial charge in [0.2, 0.25) is 0 Å². The van der Waals surface area contributed by atoms with Crippen LogP contribution in [0, 0.1) is 0 Å². The molecule has 0 aliphatic carbocycles. The Kier molecular flexibility index (Phi) is 3.87. The molecule has 0 bridgehead atoms. The minimum Gasteiger partial charge on any atom is -0.358 e. The van der Waals surface area contributed by atoms with Crippen LogP contribution in [0.4, 0.5) is 0 Å². The highest BCUT2D eigenvalue weighted by Gasteiger charge is 2.03. The molecule has 0 spiro atoms. The van der Waals surface area contributed by atoms with E-state index < -0.39 is 0 Å². The van der Waals surface area contributed by atoms with Crippen molar-refractivity contribution >= 4 is 10.9 Å². The van der Waals surface area contributed by atoms with E-state index in [0.29, 0.717) is 0 Å². The summed E-state index contributed by atoms with van der Waals surface area (Å²) in [4.78, 5) is 3.53. The molecule has 1 aromatic heterocycles. The predicted molar refractivity (Wildman–Crippen MR) is 86.2 cm³/mol. The van der Waals surface area contributed by atoms with Gasteiger partial charge in [-0.05, 0) is 47.6 Å². The van der Waals surface area contributed by atoms with E-state index in [1.165, 1.54) is 47.0 Å². The van der Waals surface area contributed by atoms with Gasteiger partial charge in [-0.3, -0.25) is 0 Å². The van der Waals surface area contributed by atoms with E-state index in [9.17, 15) is 0 Å². The molecule has 102 valence electrons. The molecule has 1 heteroatoms. The van der Waals surface area contributed by atoms with Crippen molar-refractivity contribution in [2.45, 2.75) is 32.6 Å². The summed E-state index contributed by atoms with van der Waals surface area (Å²) in [5.41, 5.74) is 5.34. The molecule has 0 radical (unpaired) electrons. The van der Waals surface area contributed by atoms with Crippen LogP contribution < -0.4 is 0 Å². The standard InChI is InChI=1S/C19H21N/c1-2-3-7-16-10-11-19-17(12-16)14-18(20-19)13-15-8-5-4-6-9-15/h4-6,8-12,14,20H,2-3,7,13H2,1H3. The first-order valence-electron chi connectivity index (χ1n) is 7.49. The molecule has 0 saturated heterocycles. The third-order valence-electron chi connectivity index (χ3n) is 3.80. The Morgan fingerprint density at radius 2 is 1.75 bits per heavy atom. The van der Waals surface area contributed by atoms with E-state index >= 15 is 0 Å². The van der Waals surface area contributed by atoms with Crippen LogP contribution in [0.5, 0.6) is 0 Å². The summed E-state index contributed by atoms with van der Waals surface area (Å²) in [6.45, 7) is 2.24. The van der Waals surface area contributed by atoms with Crippen molar-refractivity contribution in [2.24, 2.45) is 0 Å². The fraction of sp³-hybridized carbons (Fsp3) is 0.263. The molecule has 1 nitrogen and oxygen atoms in total. The molecule has 1 N–H and O–H groups in total. The van der Waals surface area contributed by atoms with Crippen molar-refractivity contribution in [3.8, 4) is 0 Å². The molecule has 1 heterocycles. The van der Waals surface area contributed by atoms with Gasteiger partial charge in [0, 0.05) is 17.6 Å². The maximum Gasteiger partial charge on any atom is 0.0456 e. The lowest BCUT2D eigenvalue weighted by molar-refractivity contribution is 0.796. The lowest BCUT2D eigenvalue weighted by Gasteiger charge is -1.99. The molecule has 3 rings (SSSR count). The van der Waals surface area contributed by atoms with Crippen molar-refractivity contribution < 1.29 is 0 Å². The van der Waals surface area contributed by atoms with Gasteiger partial charge in [-0.1, -0.05) is 49.7 Å². The summed E-state index contributed by atoms with van der Waals surface area (Å²) >= 11 is 0. The van der Waals surface area contributed by atoms with Gasteiger partial charge in [-0.2, -0.15) is 0 Å². The molecule has 3 aromatic rings. The molecule has 0 saturated carbocycles. The van der Waals surface area contributed by atoms with Gasteiger partial charge >= 0.3 is 0 Å². The normalized spacial score (nSPS) is 11.1. The number of benzene rings is 2. The first kappa shape index (κ1) is 13.0. The molecular formula is C19H21N. The third kappa shape index (κ3) is 2.93. The van der Waals surface area contributed by atoms with Gasteiger partial charge in [0.15, 0.2) is 0 Å². The molecule has 20 heavy (non-hydrogen) atoms. The van der Waals surface area contributed by atoms with Crippen LogP contribution >= 0.6 is 0 Å². The van der Waals surface area contributed by atoms with Crippen LogP contribution in [0.15, 0.2) is 54.6 Å². The zero-order chi connectivity index (χ0) is 13.8. The summed E-state index contributed by atoms with van der Waals surface area (Å²) in [5, 5.41) is 1.34. The number of aromatic amines is 1. The van der Waals surface area contributed by atoms with Crippen LogP contribution in [0.1, 0.15) is 36.6 Å². The lowest BCUT2D eigenvalue weighted by atomic mass is 10.1. The predicted octanol–water partition coefficient (Wildman–Crippen LogP) is 5.10. The highest BCUT2D eigenvalue weighted by atomic mass is 14.7. The van der Waals surface area contributed by atoms with Crippen molar-refractivity contribution in [1.82, 2.24) is 4.98 Å². The number of hydrogen-bond donors (Lipinski definition) is 1. The average Bonchev–Trinajstić information content (AvgIpc) is 2.87. The van der Waals surface area contributed by atoms with Gasteiger partial charge in [-0.25, -0.2) is 0 Å². The Labute approximate surface area is 120 Å². The Hall–Kier alpha value is -2.02. The van der Waals surface area contributed by atoms with E-state index in [1.54, 1.807) is 0 Å². The fourth-order valence-corrected chi connectivity index (χ4v) is 2.69. The highest BCUT2D eigenvalue weighted by Crippen LogP contribution is 2.20. The lowest BCUT2D eigenvalue weighted by Crippen LogP contribution is -1.86. The van der Waals surface area contributed by atoms with Crippen LogP contribution in [0.25, 0.3) is 10.9 Å². The summed E-state index contributed by atoms with van der Waals surface area (Å²) in [7, 11) is 0. The summed E-state index contributed by atoms with van der Waals surface area (Å²) < 4.78 is 0. The number of nitrogens with one attached hydrogen (secondary N) is 1. The van der Waals surface area contributed by atoms with Crippen molar-refractivity contribution in [3.05, 3.63) is 71.4 Å². The molecule has 2 aromatic carbocycles. The van der Waals surface area contributed by atoms with Gasteiger partial charge in [0.25, 0.3) is 0 Å². The van der Waals surface area contributed by atoms with Crippen LogP contribution in [0.2, 0.25) is 0 Å². The molecular weight excluding hydrogens is 242 g/mol. The number of hydrogen-bond acceptors (Lipinski definition) is 0. The topological polar surface area (TPSA) is 15.8 Å². The first-order valence-corrected chi connectivity index (χ1v) is 7.49. The smallest absolute Gasteiger partial charge is 0.0456 e. The summed E-state index contributed by atoms with van der Waals surface area (Å²) in [6, 6.07) is 19.7. The van der Waals surface area contributed by atoms with Crippen LogP contribution in [-0.2, 0) is 12.8 Å². The number of unbranched alkanes of at least 4 members (excludes halogenated alkanes) is 1. The largest absolute Gasteiger partial charge is 0.358 e. The maximum absolute atomic E-state index is 3.53. The van der Waals surface area contributed by atoms with Gasteiger partial charge in [-0.15, -0.1) is 0 Å². The van der Waals surface area contributed by atoms with Crippen LogP contribution in [-0.4, -0.2) is 4.98 Å². The van der Waals surface area contributed by atoms with Gasteiger partial charge in [0.05, 0.1) is 0 Å². The molecule has 0 fully saturated rings. The quantitative estimate of drug-likeness (QED) is 0.659. The van der Waals surface area contributed by atoms with Crippen molar-refractivity contribution in [2.75, 3.05) is 0 Å². The molecule has 0 aliphatic heterocycles. The molecule has 0 unspecified atom stereocenters.